The van der Waals surface area contributed by atoms with Crippen molar-refractivity contribution in [1.29, 1.82) is 0 Å². The fourth-order valence-corrected chi connectivity index (χ4v) is 2.34. The number of hydrogen-bond donors (Lipinski definition) is 3. The molecule has 2 amide bonds. The van der Waals surface area contributed by atoms with Crippen LogP contribution in [0.2, 0.25) is 0 Å². The minimum absolute atomic E-state index is 0.276. The van der Waals surface area contributed by atoms with Gasteiger partial charge in [0.2, 0.25) is 0 Å². The molecule has 0 unspecified atom stereocenters. The lowest BCUT2D eigenvalue weighted by Gasteiger charge is -2.10. The summed E-state index contributed by atoms with van der Waals surface area (Å²) in [5.41, 5.74) is 10.9. The number of allylic oxidation sites excluding steroid dienone is 5. The third-order valence-electron chi connectivity index (χ3n) is 3.55. The van der Waals surface area contributed by atoms with Crippen molar-refractivity contribution in [2.45, 2.75) is 13.8 Å². The van der Waals surface area contributed by atoms with Gasteiger partial charge >= 0.3 is 6.03 Å². The van der Waals surface area contributed by atoms with Gasteiger partial charge in [-0.15, -0.1) is 0 Å². The molecule has 128 valence electrons. The zero-order valence-electron chi connectivity index (χ0n) is 14.5. The van der Waals surface area contributed by atoms with Gasteiger partial charge in [-0.1, -0.05) is 49.1 Å². The first kappa shape index (κ1) is 18.1. The van der Waals surface area contributed by atoms with Crippen LogP contribution in [0.3, 0.4) is 0 Å². The standard InChI is InChI=1S/C21H23N3O/c1-4-7-18(14-16(3)22)17-10-12-19(13-11-17)23-21(25)24-20-9-6-5-8-15(20)2/h4-14H,1,22H2,2-3H3,(H2,23,24,25)/b16-14-,18-7+. The maximum Gasteiger partial charge on any atom is 0.323 e. The van der Waals surface area contributed by atoms with E-state index in [-0.39, 0.29) is 6.03 Å². The van der Waals surface area contributed by atoms with E-state index in [0.29, 0.717) is 11.4 Å². The Morgan fingerprint density at radius 2 is 1.76 bits per heavy atom. The molecular formula is C21H23N3O. The van der Waals surface area contributed by atoms with Crippen molar-refractivity contribution in [1.82, 2.24) is 0 Å². The quantitative estimate of drug-likeness (QED) is 0.669. The van der Waals surface area contributed by atoms with Crippen LogP contribution in [-0.4, -0.2) is 6.03 Å². The molecule has 0 aliphatic heterocycles. The number of aryl methyl sites for hydroxylation is 1. The monoisotopic (exact) mass is 333 g/mol. The first-order chi connectivity index (χ1) is 12.0. The molecule has 0 spiro atoms. The fourth-order valence-electron chi connectivity index (χ4n) is 2.34. The highest BCUT2D eigenvalue weighted by Gasteiger charge is 2.05. The number of nitrogens with one attached hydrogen (secondary N) is 2. The molecule has 0 aliphatic rings. The zero-order chi connectivity index (χ0) is 18.2. The Kier molecular flexibility index (Phi) is 6.18. The summed E-state index contributed by atoms with van der Waals surface area (Å²) in [7, 11) is 0. The van der Waals surface area contributed by atoms with Crippen molar-refractivity contribution in [3.63, 3.8) is 0 Å². The number of benzene rings is 2. The number of anilines is 2. The third kappa shape index (κ3) is 5.39. The molecule has 0 fully saturated rings. The van der Waals surface area contributed by atoms with Crippen molar-refractivity contribution in [2.24, 2.45) is 5.73 Å². The highest BCUT2D eigenvalue weighted by molar-refractivity contribution is 6.00. The lowest BCUT2D eigenvalue weighted by atomic mass is 10.0. The van der Waals surface area contributed by atoms with Gasteiger partial charge in [-0.2, -0.15) is 0 Å². The Bertz CT molecular complexity index is 813. The van der Waals surface area contributed by atoms with Gasteiger partial charge in [0, 0.05) is 17.1 Å². The molecule has 4 nitrogen and oxygen atoms in total. The van der Waals surface area contributed by atoms with E-state index in [0.717, 1.165) is 22.4 Å². The van der Waals surface area contributed by atoms with Gasteiger partial charge in [0.25, 0.3) is 0 Å². The Morgan fingerprint density at radius 1 is 1.08 bits per heavy atom. The van der Waals surface area contributed by atoms with Crippen LogP contribution in [0.25, 0.3) is 5.57 Å². The number of hydrogen-bond acceptors (Lipinski definition) is 2. The second-order valence-corrected chi connectivity index (χ2v) is 5.72. The van der Waals surface area contributed by atoms with E-state index in [2.05, 4.69) is 17.2 Å². The van der Waals surface area contributed by atoms with Crippen LogP contribution in [-0.2, 0) is 0 Å². The highest BCUT2D eigenvalue weighted by Crippen LogP contribution is 2.20. The van der Waals surface area contributed by atoms with E-state index in [1.165, 1.54) is 0 Å². The van der Waals surface area contributed by atoms with Gasteiger partial charge in [-0.25, -0.2) is 4.79 Å². The Labute approximate surface area is 148 Å². The summed E-state index contributed by atoms with van der Waals surface area (Å²) in [6.45, 7) is 7.51. The molecule has 0 saturated heterocycles. The number of carbonyl (C=O) groups excluding carboxylic acids is 1. The average Bonchev–Trinajstić information content (AvgIpc) is 2.57. The largest absolute Gasteiger partial charge is 0.402 e. The molecular weight excluding hydrogens is 310 g/mol. The van der Waals surface area contributed by atoms with Crippen LogP contribution < -0.4 is 16.4 Å². The summed E-state index contributed by atoms with van der Waals surface area (Å²) in [6.07, 6.45) is 5.50. The summed E-state index contributed by atoms with van der Waals surface area (Å²) in [6, 6.07) is 14.9. The molecule has 0 heterocycles. The smallest absolute Gasteiger partial charge is 0.323 e. The number of amides is 2. The number of rotatable bonds is 5. The van der Waals surface area contributed by atoms with Crippen LogP contribution in [0.15, 0.2) is 79.0 Å². The van der Waals surface area contributed by atoms with Crippen molar-refractivity contribution < 1.29 is 4.79 Å². The minimum Gasteiger partial charge on any atom is -0.402 e. The summed E-state index contributed by atoms with van der Waals surface area (Å²) in [5, 5.41) is 5.67. The Balaban J connectivity index is 2.08. The zero-order valence-corrected chi connectivity index (χ0v) is 14.5. The van der Waals surface area contributed by atoms with Crippen LogP contribution in [0.1, 0.15) is 18.1 Å². The molecule has 0 bridgehead atoms. The first-order valence-corrected chi connectivity index (χ1v) is 8.00. The van der Waals surface area contributed by atoms with Crippen LogP contribution in [0.5, 0.6) is 0 Å². The van der Waals surface area contributed by atoms with Crippen molar-refractivity contribution >= 4 is 23.0 Å². The average molecular weight is 333 g/mol. The maximum absolute atomic E-state index is 12.1. The van der Waals surface area contributed by atoms with Crippen molar-refractivity contribution in [2.75, 3.05) is 10.6 Å². The molecule has 2 aromatic rings. The summed E-state index contributed by atoms with van der Waals surface area (Å²) < 4.78 is 0. The van der Waals surface area contributed by atoms with Gasteiger partial charge in [0.1, 0.15) is 0 Å². The van der Waals surface area contributed by atoms with Crippen LogP contribution in [0.4, 0.5) is 16.2 Å². The predicted octanol–water partition coefficient (Wildman–Crippen LogP) is 5.07. The van der Waals surface area contributed by atoms with Gasteiger partial charge in [0.05, 0.1) is 0 Å². The normalized spacial score (nSPS) is 11.8. The van der Waals surface area contributed by atoms with Crippen molar-refractivity contribution in [3.05, 3.63) is 90.2 Å². The molecule has 0 radical (unpaired) electrons. The molecule has 4 N–H and O–H groups in total. The molecule has 0 aliphatic carbocycles. The number of para-hydroxylation sites is 1. The van der Waals surface area contributed by atoms with E-state index in [4.69, 9.17) is 5.73 Å². The molecule has 0 aromatic heterocycles. The van der Waals surface area contributed by atoms with E-state index in [9.17, 15) is 4.79 Å². The van der Waals surface area contributed by atoms with Gasteiger partial charge in [-0.3, -0.25) is 0 Å². The van der Waals surface area contributed by atoms with Crippen molar-refractivity contribution in [3.8, 4) is 0 Å². The van der Waals surface area contributed by atoms with Gasteiger partial charge in [-0.05, 0) is 54.8 Å². The molecule has 0 saturated carbocycles. The number of nitrogens with two attached hydrogens (primary N) is 1. The van der Waals surface area contributed by atoms with E-state index >= 15 is 0 Å². The summed E-state index contributed by atoms with van der Waals surface area (Å²) in [5.74, 6) is 0. The number of carbonyl (C=O) groups is 1. The molecule has 0 atom stereocenters. The second kappa shape index (κ2) is 8.55. The predicted molar refractivity (Wildman–Crippen MR) is 106 cm³/mol. The lowest BCUT2D eigenvalue weighted by Crippen LogP contribution is -2.19. The molecule has 2 rings (SSSR count). The van der Waals surface area contributed by atoms with E-state index < -0.39 is 0 Å². The molecule has 4 heteroatoms. The Morgan fingerprint density at radius 3 is 2.36 bits per heavy atom. The lowest BCUT2D eigenvalue weighted by molar-refractivity contribution is 0.262. The van der Waals surface area contributed by atoms with E-state index in [1.807, 2.05) is 74.5 Å². The summed E-state index contributed by atoms with van der Waals surface area (Å²) >= 11 is 0. The van der Waals surface area contributed by atoms with Crippen LogP contribution in [0, 0.1) is 6.92 Å². The van der Waals surface area contributed by atoms with Crippen LogP contribution >= 0.6 is 0 Å². The third-order valence-corrected chi connectivity index (χ3v) is 3.55. The van der Waals surface area contributed by atoms with Gasteiger partial charge in [0.15, 0.2) is 0 Å². The Hall–Kier alpha value is -3.27. The minimum atomic E-state index is -0.276. The number of urea groups is 1. The highest BCUT2D eigenvalue weighted by atomic mass is 16.2. The topological polar surface area (TPSA) is 67.1 Å². The second-order valence-electron chi connectivity index (χ2n) is 5.72. The summed E-state index contributed by atoms with van der Waals surface area (Å²) in [4.78, 5) is 12.1. The first-order valence-electron chi connectivity index (χ1n) is 8.00. The molecule has 2 aromatic carbocycles. The molecule has 25 heavy (non-hydrogen) atoms. The van der Waals surface area contributed by atoms with Gasteiger partial charge < -0.3 is 16.4 Å². The fraction of sp³-hybridized carbons (Fsp3) is 0.0952. The maximum atomic E-state index is 12.1. The van der Waals surface area contributed by atoms with E-state index in [1.54, 1.807) is 6.08 Å². The SMILES string of the molecule is C=C/C=C(\C=C(\C)N)c1ccc(NC(=O)Nc2ccccc2C)cc1.